The molecule has 0 atom stereocenters. The van der Waals surface area contributed by atoms with Crippen molar-refractivity contribution >= 4 is 21.6 Å². The number of nitrogens with one attached hydrogen (secondary N) is 1. The van der Waals surface area contributed by atoms with Gasteiger partial charge in [0, 0.05) is 19.5 Å². The molecule has 0 aliphatic heterocycles. The summed E-state index contributed by atoms with van der Waals surface area (Å²) in [6.07, 6.45) is 1.80. The van der Waals surface area contributed by atoms with E-state index in [1.807, 2.05) is 56.3 Å². The lowest BCUT2D eigenvalue weighted by atomic mass is 10.1. The summed E-state index contributed by atoms with van der Waals surface area (Å²) in [5.41, 5.74) is 4.37. The molecule has 0 spiro atoms. The van der Waals surface area contributed by atoms with Gasteiger partial charge in [0.1, 0.15) is 18.2 Å². The molecule has 0 heterocycles. The standard InChI is InChI=1S/C27H31FN2O4S/c1-20-15-21(2)17-25(16-20)30(35(3,32)33)14-4-5-27(31)29-18-22-8-12-26(13-9-22)34-19-23-6-10-24(28)11-7-23/h6-13,15-17H,4-5,14,18-19H2,1-3H3,(H,29,31). The molecule has 0 fully saturated rings. The smallest absolute Gasteiger partial charge is 0.232 e. The van der Waals surface area contributed by atoms with Crippen molar-refractivity contribution < 1.29 is 22.3 Å². The zero-order valence-corrected chi connectivity index (χ0v) is 21.1. The topological polar surface area (TPSA) is 75.7 Å². The van der Waals surface area contributed by atoms with Gasteiger partial charge < -0.3 is 10.1 Å². The molecule has 6 nitrogen and oxygen atoms in total. The molecule has 0 radical (unpaired) electrons. The molecule has 35 heavy (non-hydrogen) atoms. The number of benzene rings is 3. The lowest BCUT2D eigenvalue weighted by Gasteiger charge is -2.23. The fraction of sp³-hybridized carbons (Fsp3) is 0.296. The minimum atomic E-state index is -3.46. The number of nitrogens with zero attached hydrogens (tertiary/aromatic N) is 1. The highest BCUT2D eigenvalue weighted by atomic mass is 32.2. The van der Waals surface area contributed by atoms with E-state index in [9.17, 15) is 17.6 Å². The average Bonchev–Trinajstić information content (AvgIpc) is 2.79. The monoisotopic (exact) mass is 498 g/mol. The fourth-order valence-corrected chi connectivity index (χ4v) is 4.65. The highest BCUT2D eigenvalue weighted by molar-refractivity contribution is 7.92. The molecule has 0 aliphatic rings. The third kappa shape index (κ3) is 8.40. The van der Waals surface area contributed by atoms with Crippen LogP contribution in [0.5, 0.6) is 5.75 Å². The minimum absolute atomic E-state index is 0.143. The van der Waals surface area contributed by atoms with E-state index in [0.717, 1.165) is 22.3 Å². The Kier molecular flexibility index (Phi) is 8.87. The third-order valence-corrected chi connectivity index (χ3v) is 6.59. The van der Waals surface area contributed by atoms with Gasteiger partial charge in [0.05, 0.1) is 11.9 Å². The molecule has 3 aromatic rings. The Labute approximate surface area is 206 Å². The fourth-order valence-electron chi connectivity index (χ4n) is 3.70. The molecule has 8 heteroatoms. The van der Waals surface area contributed by atoms with Crippen LogP contribution in [0.1, 0.15) is 35.1 Å². The molecule has 0 unspecified atom stereocenters. The second-order valence-corrected chi connectivity index (χ2v) is 10.5. The van der Waals surface area contributed by atoms with Gasteiger partial charge in [0.2, 0.25) is 15.9 Å². The van der Waals surface area contributed by atoms with Gasteiger partial charge in [0.25, 0.3) is 0 Å². The van der Waals surface area contributed by atoms with Crippen LogP contribution in [-0.2, 0) is 28.0 Å². The maximum Gasteiger partial charge on any atom is 0.232 e. The van der Waals surface area contributed by atoms with E-state index in [1.54, 1.807) is 12.1 Å². The minimum Gasteiger partial charge on any atom is -0.489 e. The van der Waals surface area contributed by atoms with Crippen LogP contribution >= 0.6 is 0 Å². The first kappa shape index (κ1) is 26.2. The Hall–Kier alpha value is -3.39. The first-order valence-electron chi connectivity index (χ1n) is 11.4. The van der Waals surface area contributed by atoms with Crippen molar-refractivity contribution in [3.05, 3.63) is 94.8 Å². The van der Waals surface area contributed by atoms with Crippen LogP contribution in [0.15, 0.2) is 66.7 Å². The number of rotatable bonds is 11. The molecular weight excluding hydrogens is 467 g/mol. The molecule has 1 amide bonds. The van der Waals surface area contributed by atoms with Gasteiger partial charge in [0.15, 0.2) is 0 Å². The van der Waals surface area contributed by atoms with Gasteiger partial charge >= 0.3 is 0 Å². The van der Waals surface area contributed by atoms with Crippen LogP contribution in [-0.4, -0.2) is 27.1 Å². The molecular formula is C27H31FN2O4S. The summed E-state index contributed by atoms with van der Waals surface area (Å²) in [4.78, 5) is 12.3. The number of hydrogen-bond acceptors (Lipinski definition) is 4. The van der Waals surface area contributed by atoms with Gasteiger partial charge in [-0.05, 0) is 78.9 Å². The van der Waals surface area contributed by atoms with E-state index in [1.165, 1.54) is 22.7 Å². The highest BCUT2D eigenvalue weighted by Crippen LogP contribution is 2.22. The van der Waals surface area contributed by atoms with E-state index < -0.39 is 10.0 Å². The summed E-state index contributed by atoms with van der Waals surface area (Å²) in [5, 5.41) is 2.87. The first-order chi connectivity index (χ1) is 16.6. The molecule has 0 saturated heterocycles. The van der Waals surface area contributed by atoms with Gasteiger partial charge in [-0.25, -0.2) is 12.8 Å². The van der Waals surface area contributed by atoms with Gasteiger partial charge in [-0.15, -0.1) is 0 Å². The van der Waals surface area contributed by atoms with Crippen LogP contribution in [0.4, 0.5) is 10.1 Å². The summed E-state index contributed by atoms with van der Waals surface area (Å²) in [5.74, 6) is 0.251. The lowest BCUT2D eigenvalue weighted by Crippen LogP contribution is -2.32. The molecule has 186 valence electrons. The normalized spacial score (nSPS) is 11.2. The largest absolute Gasteiger partial charge is 0.489 e. The van der Waals surface area contributed by atoms with Crippen LogP contribution < -0.4 is 14.4 Å². The number of carbonyl (C=O) groups is 1. The number of anilines is 1. The van der Waals surface area contributed by atoms with E-state index >= 15 is 0 Å². The molecule has 0 aromatic heterocycles. The highest BCUT2D eigenvalue weighted by Gasteiger charge is 2.18. The van der Waals surface area contributed by atoms with E-state index in [2.05, 4.69) is 5.32 Å². The van der Waals surface area contributed by atoms with Crippen molar-refractivity contribution in [1.29, 1.82) is 0 Å². The van der Waals surface area contributed by atoms with Crippen molar-refractivity contribution in [2.24, 2.45) is 0 Å². The number of aryl methyl sites for hydroxylation is 2. The van der Waals surface area contributed by atoms with Crippen molar-refractivity contribution in [2.75, 3.05) is 17.1 Å². The van der Waals surface area contributed by atoms with E-state index in [0.29, 0.717) is 31.0 Å². The predicted molar refractivity (Wildman–Crippen MR) is 136 cm³/mol. The predicted octanol–water partition coefficient (Wildman–Crippen LogP) is 4.88. The van der Waals surface area contributed by atoms with Crippen LogP contribution in [0.25, 0.3) is 0 Å². The van der Waals surface area contributed by atoms with Crippen LogP contribution in [0.3, 0.4) is 0 Å². The summed E-state index contributed by atoms with van der Waals surface area (Å²) < 4.78 is 44.6. The number of halogens is 1. The first-order valence-corrected chi connectivity index (χ1v) is 13.2. The molecule has 1 N–H and O–H groups in total. The zero-order chi connectivity index (χ0) is 25.4. The summed E-state index contributed by atoms with van der Waals surface area (Å²) in [7, 11) is -3.46. The van der Waals surface area contributed by atoms with E-state index in [4.69, 9.17) is 4.74 Å². The number of hydrogen-bond donors (Lipinski definition) is 1. The molecule has 0 saturated carbocycles. The molecule has 3 aromatic carbocycles. The quantitative estimate of drug-likeness (QED) is 0.409. The van der Waals surface area contributed by atoms with Crippen LogP contribution in [0.2, 0.25) is 0 Å². The number of carbonyl (C=O) groups excluding carboxylic acids is 1. The third-order valence-electron chi connectivity index (χ3n) is 5.39. The van der Waals surface area contributed by atoms with Gasteiger partial charge in [-0.2, -0.15) is 0 Å². The zero-order valence-electron chi connectivity index (χ0n) is 20.3. The van der Waals surface area contributed by atoms with Crippen molar-refractivity contribution in [2.45, 2.75) is 39.8 Å². The van der Waals surface area contributed by atoms with Crippen molar-refractivity contribution in [3.63, 3.8) is 0 Å². The summed E-state index contributed by atoms with van der Waals surface area (Å²) >= 11 is 0. The number of sulfonamides is 1. The SMILES string of the molecule is Cc1cc(C)cc(N(CCCC(=O)NCc2ccc(OCc3ccc(F)cc3)cc2)S(C)(=O)=O)c1. The van der Waals surface area contributed by atoms with E-state index in [-0.39, 0.29) is 24.7 Å². The van der Waals surface area contributed by atoms with Crippen molar-refractivity contribution in [3.8, 4) is 5.75 Å². The Bertz CT molecular complexity index is 1220. The van der Waals surface area contributed by atoms with Crippen LogP contribution in [0, 0.1) is 19.7 Å². The molecule has 0 aliphatic carbocycles. The second-order valence-electron chi connectivity index (χ2n) is 8.62. The Morgan fingerprint density at radius 2 is 1.54 bits per heavy atom. The van der Waals surface area contributed by atoms with Crippen molar-refractivity contribution in [1.82, 2.24) is 5.32 Å². The van der Waals surface area contributed by atoms with Gasteiger partial charge in [-0.1, -0.05) is 30.3 Å². The Morgan fingerprint density at radius 3 is 2.14 bits per heavy atom. The Morgan fingerprint density at radius 1 is 0.943 bits per heavy atom. The average molecular weight is 499 g/mol. The molecule has 0 bridgehead atoms. The molecule has 3 rings (SSSR count). The number of amides is 1. The Balaban J connectivity index is 1.45. The summed E-state index contributed by atoms with van der Waals surface area (Å²) in [6.45, 7) is 4.78. The van der Waals surface area contributed by atoms with Gasteiger partial charge in [-0.3, -0.25) is 9.10 Å². The lowest BCUT2D eigenvalue weighted by molar-refractivity contribution is -0.121. The summed E-state index contributed by atoms with van der Waals surface area (Å²) in [6, 6.07) is 19.2. The number of ether oxygens (including phenoxy) is 1. The maximum absolute atomic E-state index is 13.0. The maximum atomic E-state index is 13.0. The second kappa shape index (κ2) is 11.8.